The van der Waals surface area contributed by atoms with Gasteiger partial charge in [-0.1, -0.05) is 54.6 Å². The van der Waals surface area contributed by atoms with Crippen LogP contribution >= 0.6 is 0 Å². The highest BCUT2D eigenvalue weighted by molar-refractivity contribution is 5.89. The van der Waals surface area contributed by atoms with Gasteiger partial charge in [0.1, 0.15) is 6.04 Å². The first-order chi connectivity index (χ1) is 14.6. The average molecular weight is 398 g/mol. The Morgan fingerprint density at radius 1 is 0.867 bits per heavy atom. The summed E-state index contributed by atoms with van der Waals surface area (Å²) in [7, 11) is 0. The van der Waals surface area contributed by atoms with E-state index in [-0.39, 0.29) is 6.03 Å². The minimum Gasteiger partial charge on any atom is -0.418 e. The molecule has 0 aliphatic carbocycles. The maximum atomic E-state index is 12.7. The van der Waals surface area contributed by atoms with Crippen LogP contribution in [0.1, 0.15) is 28.6 Å². The van der Waals surface area contributed by atoms with Crippen molar-refractivity contribution in [3.8, 4) is 11.5 Å². The van der Waals surface area contributed by atoms with Gasteiger partial charge in [-0.05, 0) is 54.8 Å². The molecule has 30 heavy (non-hydrogen) atoms. The fourth-order valence-electron chi connectivity index (χ4n) is 3.10. The third kappa shape index (κ3) is 4.38. The van der Waals surface area contributed by atoms with Crippen molar-refractivity contribution in [1.82, 2.24) is 15.5 Å². The van der Waals surface area contributed by atoms with Crippen molar-refractivity contribution in [1.29, 1.82) is 0 Å². The van der Waals surface area contributed by atoms with Crippen molar-refractivity contribution in [3.05, 3.63) is 101 Å². The van der Waals surface area contributed by atoms with Crippen molar-refractivity contribution in [2.45, 2.75) is 19.9 Å². The molecular weight excluding hydrogens is 376 g/mol. The van der Waals surface area contributed by atoms with Gasteiger partial charge >= 0.3 is 6.03 Å². The smallest absolute Gasteiger partial charge is 0.320 e. The van der Waals surface area contributed by atoms with Gasteiger partial charge in [-0.25, -0.2) is 4.79 Å². The molecule has 1 aromatic heterocycles. The SMILES string of the molecule is Cc1ccc(NC(=O)N[C@@H](c2ccccc2)c2nnc(-c3ccccc3)o2)cc1C. The molecule has 2 N–H and O–H groups in total. The first kappa shape index (κ1) is 19.4. The van der Waals surface area contributed by atoms with E-state index in [1.165, 1.54) is 5.56 Å². The molecule has 0 spiro atoms. The van der Waals surface area contributed by atoms with Gasteiger partial charge in [-0.2, -0.15) is 0 Å². The van der Waals surface area contributed by atoms with Crippen LogP contribution in [0.25, 0.3) is 11.5 Å². The molecule has 6 nitrogen and oxygen atoms in total. The topological polar surface area (TPSA) is 80.0 Å². The third-order valence-electron chi connectivity index (χ3n) is 4.88. The van der Waals surface area contributed by atoms with Crippen LogP contribution in [0.2, 0.25) is 0 Å². The predicted molar refractivity (Wildman–Crippen MR) is 116 cm³/mol. The number of nitrogens with zero attached hydrogens (tertiary/aromatic N) is 2. The molecule has 0 saturated heterocycles. The molecule has 3 aromatic carbocycles. The van der Waals surface area contributed by atoms with Crippen molar-refractivity contribution < 1.29 is 9.21 Å². The number of aryl methyl sites for hydroxylation is 2. The Morgan fingerprint density at radius 2 is 1.57 bits per heavy atom. The van der Waals surface area contributed by atoms with Crippen LogP contribution in [0.4, 0.5) is 10.5 Å². The molecule has 0 fully saturated rings. The normalized spacial score (nSPS) is 11.7. The minimum absolute atomic E-state index is 0.315. The van der Waals surface area contributed by atoms with E-state index in [0.29, 0.717) is 11.8 Å². The number of carbonyl (C=O) groups excluding carboxylic acids is 1. The van der Waals surface area contributed by atoms with Gasteiger partial charge in [-0.15, -0.1) is 10.2 Å². The third-order valence-corrected chi connectivity index (χ3v) is 4.88. The number of benzene rings is 3. The summed E-state index contributed by atoms with van der Waals surface area (Å²) in [6, 6.07) is 23.9. The van der Waals surface area contributed by atoms with E-state index < -0.39 is 6.04 Å². The first-order valence-electron chi connectivity index (χ1n) is 9.69. The zero-order valence-electron chi connectivity index (χ0n) is 16.8. The van der Waals surface area contributed by atoms with Crippen LogP contribution in [0.15, 0.2) is 83.3 Å². The molecule has 4 aromatic rings. The van der Waals surface area contributed by atoms with Crippen LogP contribution in [0.3, 0.4) is 0 Å². The number of hydrogen-bond acceptors (Lipinski definition) is 4. The standard InChI is InChI=1S/C24H22N4O2/c1-16-13-14-20(15-17(16)2)25-24(29)26-21(18-9-5-3-6-10-18)23-28-27-22(30-23)19-11-7-4-8-12-19/h3-15,21H,1-2H3,(H2,25,26,29)/t21-/m0/s1. The summed E-state index contributed by atoms with van der Waals surface area (Å²) in [4.78, 5) is 12.7. The number of anilines is 1. The molecule has 2 amide bonds. The molecule has 0 bridgehead atoms. The van der Waals surface area contributed by atoms with Crippen LogP contribution in [-0.4, -0.2) is 16.2 Å². The minimum atomic E-state index is -0.581. The lowest BCUT2D eigenvalue weighted by Gasteiger charge is -2.16. The summed E-state index contributed by atoms with van der Waals surface area (Å²) in [5.74, 6) is 0.721. The number of rotatable bonds is 5. The van der Waals surface area contributed by atoms with Crippen LogP contribution in [-0.2, 0) is 0 Å². The predicted octanol–water partition coefficient (Wildman–Crippen LogP) is 5.26. The summed E-state index contributed by atoms with van der Waals surface area (Å²) in [6.45, 7) is 4.04. The highest BCUT2D eigenvalue weighted by Crippen LogP contribution is 2.25. The quantitative estimate of drug-likeness (QED) is 0.480. The highest BCUT2D eigenvalue weighted by atomic mass is 16.4. The largest absolute Gasteiger partial charge is 0.418 e. The monoisotopic (exact) mass is 398 g/mol. The van der Waals surface area contributed by atoms with E-state index in [9.17, 15) is 4.79 Å². The molecule has 0 aliphatic heterocycles. The Labute approximate surface area is 175 Å². The fourth-order valence-corrected chi connectivity index (χ4v) is 3.10. The fraction of sp³-hybridized carbons (Fsp3) is 0.125. The molecule has 1 atom stereocenters. The van der Waals surface area contributed by atoms with Gasteiger partial charge < -0.3 is 15.1 Å². The summed E-state index contributed by atoms with van der Waals surface area (Å²) in [6.07, 6.45) is 0. The van der Waals surface area contributed by atoms with Gasteiger partial charge in [0.05, 0.1) is 0 Å². The Balaban J connectivity index is 1.59. The molecule has 4 rings (SSSR count). The lowest BCUT2D eigenvalue weighted by molar-refractivity contribution is 0.248. The molecule has 0 aliphatic rings. The van der Waals surface area contributed by atoms with Gasteiger partial charge in [0.15, 0.2) is 0 Å². The van der Waals surface area contributed by atoms with E-state index in [1.807, 2.05) is 92.7 Å². The second-order valence-corrected chi connectivity index (χ2v) is 7.05. The van der Waals surface area contributed by atoms with Crippen molar-refractivity contribution in [3.63, 3.8) is 0 Å². The molecule has 0 unspecified atom stereocenters. The summed E-state index contributed by atoms with van der Waals surface area (Å²) >= 11 is 0. The summed E-state index contributed by atoms with van der Waals surface area (Å²) < 4.78 is 5.91. The maximum absolute atomic E-state index is 12.7. The zero-order valence-corrected chi connectivity index (χ0v) is 16.8. The summed E-state index contributed by atoms with van der Waals surface area (Å²) in [5, 5.41) is 14.2. The molecule has 1 heterocycles. The number of aromatic nitrogens is 2. The van der Waals surface area contributed by atoms with Crippen LogP contribution in [0.5, 0.6) is 0 Å². The van der Waals surface area contributed by atoms with Crippen LogP contribution in [0, 0.1) is 13.8 Å². The van der Waals surface area contributed by atoms with E-state index in [0.717, 1.165) is 22.4 Å². The second-order valence-electron chi connectivity index (χ2n) is 7.05. The molecular formula is C24H22N4O2. The van der Waals surface area contributed by atoms with E-state index in [2.05, 4.69) is 20.8 Å². The molecule has 0 saturated carbocycles. The first-order valence-corrected chi connectivity index (χ1v) is 9.69. The van der Waals surface area contributed by atoms with Crippen molar-refractivity contribution >= 4 is 11.7 Å². The Bertz CT molecular complexity index is 1140. The number of urea groups is 1. The van der Waals surface area contributed by atoms with E-state index >= 15 is 0 Å². The number of hydrogen-bond donors (Lipinski definition) is 2. The molecule has 0 radical (unpaired) electrons. The molecule has 150 valence electrons. The van der Waals surface area contributed by atoms with Gasteiger partial charge in [-0.3, -0.25) is 0 Å². The Kier molecular flexibility index (Phi) is 5.57. The Morgan fingerprint density at radius 3 is 2.27 bits per heavy atom. The summed E-state index contributed by atoms with van der Waals surface area (Å²) in [5.41, 5.74) is 4.66. The van der Waals surface area contributed by atoms with Crippen molar-refractivity contribution in [2.24, 2.45) is 0 Å². The number of amides is 2. The van der Waals surface area contributed by atoms with E-state index in [4.69, 9.17) is 4.42 Å². The zero-order chi connectivity index (χ0) is 20.9. The molecule has 6 heteroatoms. The lowest BCUT2D eigenvalue weighted by Crippen LogP contribution is -2.33. The average Bonchev–Trinajstić information content (AvgIpc) is 3.26. The van der Waals surface area contributed by atoms with Gasteiger partial charge in [0, 0.05) is 11.3 Å². The van der Waals surface area contributed by atoms with E-state index in [1.54, 1.807) is 0 Å². The van der Waals surface area contributed by atoms with Crippen molar-refractivity contribution in [2.75, 3.05) is 5.32 Å². The maximum Gasteiger partial charge on any atom is 0.320 e. The van der Waals surface area contributed by atoms with Gasteiger partial charge in [0.25, 0.3) is 0 Å². The van der Waals surface area contributed by atoms with Crippen LogP contribution < -0.4 is 10.6 Å². The Hall–Kier alpha value is -3.93. The highest BCUT2D eigenvalue weighted by Gasteiger charge is 2.23. The number of nitrogens with one attached hydrogen (secondary N) is 2. The number of carbonyl (C=O) groups is 1. The lowest BCUT2D eigenvalue weighted by atomic mass is 10.1. The second kappa shape index (κ2) is 8.61. The van der Waals surface area contributed by atoms with Gasteiger partial charge in [0.2, 0.25) is 11.8 Å².